The van der Waals surface area contributed by atoms with E-state index in [9.17, 15) is 0 Å². The maximum atomic E-state index is 4.37. The number of aryl methyl sites for hydroxylation is 3. The lowest BCUT2D eigenvalue weighted by Crippen LogP contribution is -2.05. The van der Waals surface area contributed by atoms with E-state index in [1.165, 1.54) is 5.69 Å². The van der Waals surface area contributed by atoms with Gasteiger partial charge in [0.25, 0.3) is 0 Å². The zero-order valence-corrected chi connectivity index (χ0v) is 11.9. The van der Waals surface area contributed by atoms with Crippen LogP contribution in [0.4, 0.5) is 0 Å². The molecule has 2 aromatic rings. The molecule has 0 atom stereocenters. The highest BCUT2D eigenvalue weighted by Gasteiger charge is 2.04. The van der Waals surface area contributed by atoms with E-state index in [1.807, 2.05) is 34.9 Å². The van der Waals surface area contributed by atoms with Crippen LogP contribution in [-0.2, 0) is 20.0 Å². The summed E-state index contributed by atoms with van der Waals surface area (Å²) in [5, 5.41) is 8.49. The molecule has 2 aromatic heterocycles. The molecular weight excluding hydrogens is 371 g/mol. The molecule has 2 rings (SSSR count). The van der Waals surface area contributed by atoms with Crippen LogP contribution in [0.2, 0.25) is 0 Å². The molecule has 0 aliphatic carbocycles. The summed E-state index contributed by atoms with van der Waals surface area (Å²) in [5.74, 6) is 0. The average Bonchev–Trinajstić information content (AvgIpc) is 2.72. The summed E-state index contributed by atoms with van der Waals surface area (Å²) in [5.41, 5.74) is 1.22. The van der Waals surface area contributed by atoms with Crippen molar-refractivity contribution in [2.75, 3.05) is 0 Å². The van der Waals surface area contributed by atoms with Gasteiger partial charge in [-0.2, -0.15) is 10.2 Å². The third kappa shape index (κ3) is 2.60. The van der Waals surface area contributed by atoms with Crippen molar-refractivity contribution >= 4 is 38.5 Å². The third-order valence-electron chi connectivity index (χ3n) is 2.20. The normalized spacial score (nSPS) is 10.9. The van der Waals surface area contributed by atoms with Gasteiger partial charge in [0.2, 0.25) is 0 Å². The van der Waals surface area contributed by atoms with Gasteiger partial charge in [-0.25, -0.2) is 0 Å². The van der Waals surface area contributed by atoms with Crippen molar-refractivity contribution < 1.29 is 0 Å². The largest absolute Gasteiger partial charge is 0.273 e. The molecule has 0 spiro atoms. The lowest BCUT2D eigenvalue weighted by Gasteiger charge is -2.01. The summed E-state index contributed by atoms with van der Waals surface area (Å²) in [6.45, 7) is 0.876. The van der Waals surface area contributed by atoms with E-state index in [0.29, 0.717) is 0 Å². The highest BCUT2D eigenvalue weighted by Crippen LogP contribution is 2.16. The molecule has 0 aliphatic rings. The van der Waals surface area contributed by atoms with Gasteiger partial charge >= 0.3 is 0 Å². The maximum absolute atomic E-state index is 4.37. The van der Waals surface area contributed by atoms with Crippen LogP contribution in [-0.4, -0.2) is 19.6 Å². The van der Waals surface area contributed by atoms with Crippen molar-refractivity contribution in [3.05, 3.63) is 32.3 Å². The second-order valence-electron chi connectivity index (χ2n) is 3.23. The topological polar surface area (TPSA) is 35.6 Å². The van der Waals surface area contributed by atoms with E-state index in [2.05, 4.69) is 48.7 Å². The van der Waals surface area contributed by atoms with Crippen molar-refractivity contribution in [3.8, 4) is 0 Å². The van der Waals surface area contributed by atoms with Crippen LogP contribution in [0, 0.1) is 3.70 Å². The Morgan fingerprint density at radius 1 is 1.53 bits per heavy atom. The fraction of sp³-hybridized carbons (Fsp3) is 0.333. The minimum atomic E-state index is 0.876. The number of rotatable bonds is 3. The van der Waals surface area contributed by atoms with E-state index in [0.717, 1.165) is 21.1 Å². The van der Waals surface area contributed by atoms with Crippen molar-refractivity contribution in [1.82, 2.24) is 19.6 Å². The van der Waals surface area contributed by atoms with Gasteiger partial charge < -0.3 is 0 Å². The third-order valence-corrected chi connectivity index (χ3v) is 4.31. The quantitative estimate of drug-likeness (QED) is 0.765. The number of hydrogen-bond acceptors (Lipinski definition) is 2. The first kappa shape index (κ1) is 11.1. The second-order valence-corrected chi connectivity index (χ2v) is 5.10. The zero-order valence-electron chi connectivity index (χ0n) is 8.19. The molecule has 0 radical (unpaired) electrons. The minimum absolute atomic E-state index is 0.876. The first-order valence-electron chi connectivity index (χ1n) is 4.52. The van der Waals surface area contributed by atoms with E-state index >= 15 is 0 Å². The molecule has 80 valence electrons. The summed E-state index contributed by atoms with van der Waals surface area (Å²) in [7, 11) is 1.96. The Morgan fingerprint density at radius 2 is 2.33 bits per heavy atom. The van der Waals surface area contributed by atoms with E-state index in [4.69, 9.17) is 0 Å². The summed E-state index contributed by atoms with van der Waals surface area (Å²) in [4.78, 5) is 0. The van der Waals surface area contributed by atoms with Crippen LogP contribution in [0.15, 0.2) is 22.9 Å². The first-order chi connectivity index (χ1) is 7.16. The van der Waals surface area contributed by atoms with Crippen LogP contribution in [0.25, 0.3) is 0 Å². The number of nitrogens with zero attached hydrogens (tertiary/aromatic N) is 4. The van der Waals surface area contributed by atoms with Gasteiger partial charge in [0.15, 0.2) is 0 Å². The molecule has 0 aromatic carbocycles. The van der Waals surface area contributed by atoms with Crippen LogP contribution in [0.5, 0.6) is 0 Å². The first-order valence-corrected chi connectivity index (χ1v) is 6.39. The second kappa shape index (κ2) is 4.65. The fourth-order valence-corrected chi connectivity index (χ4v) is 2.10. The smallest absolute Gasteiger partial charge is 0.137 e. The average molecular weight is 381 g/mol. The maximum Gasteiger partial charge on any atom is 0.137 e. The zero-order chi connectivity index (χ0) is 10.8. The van der Waals surface area contributed by atoms with Gasteiger partial charge in [-0.15, -0.1) is 0 Å². The van der Waals surface area contributed by atoms with E-state index in [-0.39, 0.29) is 0 Å². The monoisotopic (exact) mass is 380 g/mol. The lowest BCUT2D eigenvalue weighted by atomic mass is 10.3. The molecular formula is C9H10BrIN4. The Balaban J connectivity index is 2.02. The summed E-state index contributed by atoms with van der Waals surface area (Å²) in [6, 6.07) is 2.03. The molecule has 0 unspecified atom stereocenters. The standard InChI is InChI=1S/C9H10BrIN4/c1-14-7(2-4-12-14)3-5-15-6-8(10)9(11)13-15/h2,4,6H,3,5H2,1H3. The van der Waals surface area contributed by atoms with Crippen LogP contribution < -0.4 is 0 Å². The van der Waals surface area contributed by atoms with Gasteiger partial charge in [0, 0.05) is 38.1 Å². The van der Waals surface area contributed by atoms with Gasteiger partial charge in [-0.1, -0.05) is 0 Å². The lowest BCUT2D eigenvalue weighted by molar-refractivity contribution is 0.583. The molecule has 6 heteroatoms. The van der Waals surface area contributed by atoms with Gasteiger partial charge in [0.1, 0.15) is 3.70 Å². The summed E-state index contributed by atoms with van der Waals surface area (Å²) < 4.78 is 5.88. The van der Waals surface area contributed by atoms with Gasteiger partial charge in [0.05, 0.1) is 4.47 Å². The molecule has 2 heterocycles. The Kier molecular flexibility index (Phi) is 3.45. The predicted octanol–water partition coefficient (Wildman–Crippen LogP) is 2.23. The minimum Gasteiger partial charge on any atom is -0.273 e. The fourth-order valence-electron chi connectivity index (χ4n) is 1.36. The molecule has 0 aliphatic heterocycles. The Morgan fingerprint density at radius 3 is 2.87 bits per heavy atom. The van der Waals surface area contributed by atoms with Crippen molar-refractivity contribution in [1.29, 1.82) is 0 Å². The Hall–Kier alpha value is -0.370. The van der Waals surface area contributed by atoms with Crippen LogP contribution in [0.1, 0.15) is 5.69 Å². The Bertz CT molecular complexity index is 443. The van der Waals surface area contributed by atoms with Crippen molar-refractivity contribution in [3.63, 3.8) is 0 Å². The van der Waals surface area contributed by atoms with Crippen LogP contribution >= 0.6 is 38.5 Å². The molecule has 4 nitrogen and oxygen atoms in total. The highest BCUT2D eigenvalue weighted by molar-refractivity contribution is 14.1. The number of aromatic nitrogens is 4. The van der Waals surface area contributed by atoms with Gasteiger partial charge in [-0.05, 0) is 44.6 Å². The Labute approximate surface area is 110 Å². The molecule has 0 saturated carbocycles. The van der Waals surface area contributed by atoms with Crippen molar-refractivity contribution in [2.45, 2.75) is 13.0 Å². The molecule has 15 heavy (non-hydrogen) atoms. The number of hydrogen-bond donors (Lipinski definition) is 0. The van der Waals surface area contributed by atoms with Gasteiger partial charge in [-0.3, -0.25) is 9.36 Å². The number of halogens is 2. The molecule has 0 N–H and O–H groups in total. The van der Waals surface area contributed by atoms with E-state index < -0.39 is 0 Å². The van der Waals surface area contributed by atoms with Crippen molar-refractivity contribution in [2.24, 2.45) is 7.05 Å². The molecule has 0 saturated heterocycles. The highest BCUT2D eigenvalue weighted by atomic mass is 127. The molecule has 0 amide bonds. The van der Waals surface area contributed by atoms with E-state index in [1.54, 1.807) is 0 Å². The predicted molar refractivity (Wildman–Crippen MR) is 69.6 cm³/mol. The molecule has 0 fully saturated rings. The molecule has 0 bridgehead atoms. The summed E-state index contributed by atoms with van der Waals surface area (Å²) in [6.07, 6.45) is 4.76. The SMILES string of the molecule is Cn1nccc1CCn1cc(Br)c(I)n1. The van der Waals surface area contributed by atoms with Crippen LogP contribution in [0.3, 0.4) is 0 Å². The summed E-state index contributed by atoms with van der Waals surface area (Å²) >= 11 is 5.65.